The van der Waals surface area contributed by atoms with Crippen LogP contribution in [-0.4, -0.2) is 35.9 Å². The SMILES string of the molecule is Cc1cc(C2(C)CN(CCCCN)C=N2)cnc1Cl. The number of nitrogens with two attached hydrogens (primary N) is 1. The van der Waals surface area contributed by atoms with Crippen molar-refractivity contribution in [2.45, 2.75) is 32.2 Å². The number of unbranched alkanes of at least 4 members (excludes halogenated alkanes) is 1. The molecule has 5 heteroatoms. The first-order valence-corrected chi connectivity index (χ1v) is 7.05. The highest BCUT2D eigenvalue weighted by atomic mass is 35.5. The molecule has 1 unspecified atom stereocenters. The minimum atomic E-state index is -0.217. The van der Waals surface area contributed by atoms with Crippen LogP contribution in [0.5, 0.6) is 0 Å². The average molecular weight is 281 g/mol. The maximum absolute atomic E-state index is 5.97. The molecule has 0 radical (unpaired) electrons. The topological polar surface area (TPSA) is 54.5 Å². The lowest BCUT2D eigenvalue weighted by molar-refractivity contribution is 0.360. The van der Waals surface area contributed by atoms with Crippen molar-refractivity contribution < 1.29 is 0 Å². The van der Waals surface area contributed by atoms with Gasteiger partial charge in [0.15, 0.2) is 0 Å². The minimum absolute atomic E-state index is 0.217. The van der Waals surface area contributed by atoms with E-state index < -0.39 is 0 Å². The van der Waals surface area contributed by atoms with Gasteiger partial charge in [-0.05, 0) is 50.4 Å². The Morgan fingerprint density at radius 3 is 2.95 bits per heavy atom. The number of nitrogens with zero attached hydrogens (tertiary/aromatic N) is 3. The smallest absolute Gasteiger partial charge is 0.131 e. The summed E-state index contributed by atoms with van der Waals surface area (Å²) < 4.78 is 0. The predicted octanol–water partition coefficient (Wildman–Crippen LogP) is 2.34. The number of aromatic nitrogens is 1. The zero-order valence-corrected chi connectivity index (χ0v) is 12.3. The summed E-state index contributed by atoms with van der Waals surface area (Å²) in [6.45, 7) is 6.76. The van der Waals surface area contributed by atoms with E-state index in [4.69, 9.17) is 17.3 Å². The third kappa shape index (κ3) is 3.25. The fraction of sp³-hybridized carbons (Fsp3) is 0.571. The molecule has 0 spiro atoms. The van der Waals surface area contributed by atoms with Crippen molar-refractivity contribution in [2.24, 2.45) is 10.7 Å². The number of hydrogen-bond acceptors (Lipinski definition) is 4. The fourth-order valence-corrected chi connectivity index (χ4v) is 2.40. The number of pyridine rings is 1. The molecule has 19 heavy (non-hydrogen) atoms. The van der Waals surface area contributed by atoms with Crippen LogP contribution < -0.4 is 5.73 Å². The summed E-state index contributed by atoms with van der Waals surface area (Å²) in [4.78, 5) is 11.1. The minimum Gasteiger partial charge on any atom is -0.360 e. The van der Waals surface area contributed by atoms with Crippen LogP contribution in [0, 0.1) is 6.92 Å². The Morgan fingerprint density at radius 1 is 1.47 bits per heavy atom. The Balaban J connectivity index is 2.04. The molecule has 0 bridgehead atoms. The molecule has 1 aliphatic rings. The lowest BCUT2D eigenvalue weighted by Gasteiger charge is -2.24. The molecule has 1 atom stereocenters. The second-order valence-electron chi connectivity index (χ2n) is 5.32. The molecule has 0 saturated carbocycles. The lowest BCUT2D eigenvalue weighted by Crippen LogP contribution is -2.30. The summed E-state index contributed by atoms with van der Waals surface area (Å²) in [5.74, 6) is 0. The van der Waals surface area contributed by atoms with E-state index in [9.17, 15) is 0 Å². The third-order valence-electron chi connectivity index (χ3n) is 3.55. The van der Waals surface area contributed by atoms with Gasteiger partial charge in [0.05, 0.1) is 6.34 Å². The molecule has 1 aromatic heterocycles. The Hall–Kier alpha value is -1.13. The first-order chi connectivity index (χ1) is 9.05. The summed E-state index contributed by atoms with van der Waals surface area (Å²) in [6, 6.07) is 2.08. The van der Waals surface area contributed by atoms with E-state index in [0.717, 1.165) is 43.6 Å². The van der Waals surface area contributed by atoms with Gasteiger partial charge < -0.3 is 10.6 Å². The zero-order chi connectivity index (χ0) is 13.9. The van der Waals surface area contributed by atoms with Gasteiger partial charge in [0.25, 0.3) is 0 Å². The van der Waals surface area contributed by atoms with Gasteiger partial charge >= 0.3 is 0 Å². The van der Waals surface area contributed by atoms with E-state index >= 15 is 0 Å². The molecule has 2 N–H and O–H groups in total. The highest BCUT2D eigenvalue weighted by Gasteiger charge is 2.32. The lowest BCUT2D eigenvalue weighted by atomic mass is 9.94. The van der Waals surface area contributed by atoms with Gasteiger partial charge in [0.1, 0.15) is 10.7 Å². The average Bonchev–Trinajstić information content (AvgIpc) is 2.76. The van der Waals surface area contributed by atoms with E-state index in [2.05, 4.69) is 27.9 Å². The van der Waals surface area contributed by atoms with Gasteiger partial charge in [0, 0.05) is 19.3 Å². The maximum Gasteiger partial charge on any atom is 0.131 e. The van der Waals surface area contributed by atoms with Gasteiger partial charge in [-0.15, -0.1) is 0 Å². The number of halogens is 1. The normalized spacial score (nSPS) is 22.2. The number of hydrogen-bond donors (Lipinski definition) is 1. The standard InChI is InChI=1S/C14H21ClN4/c1-11-7-12(8-17-13(11)15)14(2)9-19(10-18-14)6-4-3-5-16/h7-8,10H,3-6,9,16H2,1-2H3. The summed E-state index contributed by atoms with van der Waals surface area (Å²) >= 11 is 5.97. The van der Waals surface area contributed by atoms with Gasteiger partial charge in [-0.3, -0.25) is 4.99 Å². The molecule has 0 amide bonds. The highest BCUT2D eigenvalue weighted by molar-refractivity contribution is 6.30. The molecule has 0 aromatic carbocycles. The number of aliphatic imine (C=N–C) groups is 1. The molecule has 0 fully saturated rings. The van der Waals surface area contributed by atoms with Crippen LogP contribution in [0.3, 0.4) is 0 Å². The van der Waals surface area contributed by atoms with Crippen molar-refractivity contribution >= 4 is 17.9 Å². The van der Waals surface area contributed by atoms with Crippen LogP contribution >= 0.6 is 11.6 Å². The van der Waals surface area contributed by atoms with Gasteiger partial charge in [-0.1, -0.05) is 11.6 Å². The molecule has 104 valence electrons. The molecule has 0 saturated heterocycles. The molecule has 1 aliphatic heterocycles. The summed E-state index contributed by atoms with van der Waals surface area (Å²) in [6.07, 6.45) is 5.94. The van der Waals surface area contributed by atoms with E-state index in [0.29, 0.717) is 5.15 Å². The second kappa shape index (κ2) is 5.88. The van der Waals surface area contributed by atoms with Crippen LogP contribution in [0.4, 0.5) is 0 Å². The first-order valence-electron chi connectivity index (χ1n) is 6.67. The summed E-state index contributed by atoms with van der Waals surface area (Å²) in [7, 11) is 0. The van der Waals surface area contributed by atoms with Crippen molar-refractivity contribution in [3.05, 3.63) is 28.5 Å². The van der Waals surface area contributed by atoms with Gasteiger partial charge in [-0.2, -0.15) is 0 Å². The Bertz CT molecular complexity index is 475. The second-order valence-corrected chi connectivity index (χ2v) is 5.67. The van der Waals surface area contributed by atoms with Crippen molar-refractivity contribution in [1.29, 1.82) is 0 Å². The number of rotatable bonds is 5. The van der Waals surface area contributed by atoms with Gasteiger partial charge in [0.2, 0.25) is 0 Å². The molecular weight excluding hydrogens is 260 g/mol. The monoisotopic (exact) mass is 280 g/mol. The highest BCUT2D eigenvalue weighted by Crippen LogP contribution is 2.31. The van der Waals surface area contributed by atoms with Crippen LogP contribution in [0.25, 0.3) is 0 Å². The molecule has 2 heterocycles. The van der Waals surface area contributed by atoms with Crippen LogP contribution in [-0.2, 0) is 5.54 Å². The van der Waals surface area contributed by atoms with Crippen molar-refractivity contribution in [3.8, 4) is 0 Å². The Kier molecular flexibility index (Phi) is 4.42. The zero-order valence-electron chi connectivity index (χ0n) is 11.6. The third-order valence-corrected chi connectivity index (χ3v) is 3.95. The van der Waals surface area contributed by atoms with Crippen LogP contribution in [0.2, 0.25) is 5.15 Å². The summed E-state index contributed by atoms with van der Waals surface area (Å²) in [5, 5.41) is 0.564. The van der Waals surface area contributed by atoms with Crippen molar-refractivity contribution in [3.63, 3.8) is 0 Å². The quantitative estimate of drug-likeness (QED) is 0.665. The molecule has 1 aromatic rings. The predicted molar refractivity (Wildman–Crippen MR) is 79.7 cm³/mol. The molecule has 4 nitrogen and oxygen atoms in total. The van der Waals surface area contributed by atoms with Crippen molar-refractivity contribution in [1.82, 2.24) is 9.88 Å². The Labute approximate surface area is 119 Å². The van der Waals surface area contributed by atoms with Crippen molar-refractivity contribution in [2.75, 3.05) is 19.6 Å². The molecule has 2 rings (SSSR count). The van der Waals surface area contributed by atoms with E-state index in [1.807, 2.05) is 19.5 Å². The van der Waals surface area contributed by atoms with E-state index in [1.54, 1.807) is 0 Å². The van der Waals surface area contributed by atoms with Crippen LogP contribution in [0.1, 0.15) is 30.9 Å². The first kappa shape index (κ1) is 14.3. The Morgan fingerprint density at radius 2 is 2.26 bits per heavy atom. The maximum atomic E-state index is 5.97. The van der Waals surface area contributed by atoms with Gasteiger partial charge in [-0.25, -0.2) is 4.98 Å². The largest absolute Gasteiger partial charge is 0.360 e. The molecular formula is C14H21ClN4. The van der Waals surface area contributed by atoms with E-state index in [-0.39, 0.29) is 5.54 Å². The number of aryl methyl sites for hydroxylation is 1. The summed E-state index contributed by atoms with van der Waals surface area (Å²) in [5.41, 5.74) is 7.41. The fourth-order valence-electron chi connectivity index (χ4n) is 2.30. The van der Waals surface area contributed by atoms with Crippen LogP contribution in [0.15, 0.2) is 17.3 Å². The molecule has 0 aliphatic carbocycles. The van der Waals surface area contributed by atoms with E-state index in [1.165, 1.54) is 0 Å².